The van der Waals surface area contributed by atoms with Crippen molar-refractivity contribution in [1.82, 2.24) is 0 Å². The van der Waals surface area contributed by atoms with E-state index in [-0.39, 0.29) is 0 Å². The van der Waals surface area contributed by atoms with E-state index < -0.39 is 33.9 Å². The fraction of sp³-hybridized carbons (Fsp3) is 0.125. The molecule has 0 amide bonds. The van der Waals surface area contributed by atoms with Gasteiger partial charge in [0.05, 0.1) is 10.5 Å². The van der Waals surface area contributed by atoms with E-state index >= 15 is 0 Å². The molecule has 0 aliphatic carbocycles. The highest BCUT2D eigenvalue weighted by atomic mass is 19.4. The molecule has 0 saturated carbocycles. The van der Waals surface area contributed by atoms with Crippen LogP contribution in [0.3, 0.4) is 0 Å². The van der Waals surface area contributed by atoms with Gasteiger partial charge in [-0.1, -0.05) is 6.07 Å². The van der Waals surface area contributed by atoms with Gasteiger partial charge in [0.15, 0.2) is 0 Å². The van der Waals surface area contributed by atoms with Crippen LogP contribution >= 0.6 is 0 Å². The summed E-state index contributed by atoms with van der Waals surface area (Å²) in [6.07, 6.45) is -5.09. The molecule has 16 heavy (non-hydrogen) atoms. The quantitative estimate of drug-likeness (QED) is 0.629. The Morgan fingerprint density at radius 2 is 1.94 bits per heavy atom. The van der Waals surface area contributed by atoms with Gasteiger partial charge in [0.25, 0.3) is 5.69 Å². The molecule has 0 heterocycles. The molecule has 0 aromatic heterocycles. The van der Waals surface area contributed by atoms with Crippen LogP contribution in [0.5, 0.6) is 0 Å². The summed E-state index contributed by atoms with van der Waals surface area (Å²) in [5.74, 6) is -1.86. The Hall–Kier alpha value is -2.12. The fourth-order valence-electron chi connectivity index (χ4n) is 1.17. The number of benzene rings is 1. The number of rotatable bonds is 2. The second kappa shape index (κ2) is 3.80. The molecule has 0 aliphatic rings. The monoisotopic (exact) mass is 235 g/mol. The Kier molecular flexibility index (Phi) is 2.84. The molecule has 1 rings (SSSR count). The summed E-state index contributed by atoms with van der Waals surface area (Å²) in [6, 6.07) is 2.16. The van der Waals surface area contributed by atoms with Gasteiger partial charge in [-0.2, -0.15) is 13.2 Å². The van der Waals surface area contributed by atoms with Gasteiger partial charge in [-0.25, -0.2) is 4.79 Å². The Morgan fingerprint density at radius 3 is 2.31 bits per heavy atom. The SMILES string of the molecule is O=C(O)c1cccc([N+](=O)[O-])c1C(F)(F)F. The van der Waals surface area contributed by atoms with Gasteiger partial charge in [-0.3, -0.25) is 10.1 Å². The lowest BCUT2D eigenvalue weighted by molar-refractivity contribution is -0.388. The Bertz CT molecular complexity index is 423. The average Bonchev–Trinajstić information content (AvgIpc) is 2.15. The molecule has 0 unspecified atom stereocenters. The van der Waals surface area contributed by atoms with Crippen molar-refractivity contribution in [3.05, 3.63) is 39.4 Å². The number of aromatic carboxylic acids is 1. The highest BCUT2D eigenvalue weighted by Gasteiger charge is 2.42. The lowest BCUT2D eigenvalue weighted by atomic mass is 10.1. The fourth-order valence-corrected chi connectivity index (χ4v) is 1.17. The van der Waals surface area contributed by atoms with Crippen molar-refractivity contribution < 1.29 is 28.0 Å². The van der Waals surface area contributed by atoms with Crippen LogP contribution in [-0.2, 0) is 6.18 Å². The first-order valence-corrected chi connectivity index (χ1v) is 3.83. The van der Waals surface area contributed by atoms with Gasteiger partial charge in [-0.15, -0.1) is 0 Å². The summed E-state index contributed by atoms with van der Waals surface area (Å²) in [4.78, 5) is 19.6. The summed E-state index contributed by atoms with van der Waals surface area (Å²) in [5, 5.41) is 18.9. The van der Waals surface area contributed by atoms with Crippen LogP contribution in [0, 0.1) is 10.1 Å². The number of hydrogen-bond acceptors (Lipinski definition) is 3. The summed E-state index contributed by atoms with van der Waals surface area (Å²) in [5.41, 5.74) is -4.15. The molecule has 0 spiro atoms. The molecule has 1 aromatic rings. The van der Waals surface area contributed by atoms with Crippen LogP contribution in [0.2, 0.25) is 0 Å². The van der Waals surface area contributed by atoms with Crippen LogP contribution in [-0.4, -0.2) is 16.0 Å². The molecule has 0 radical (unpaired) electrons. The summed E-state index contributed by atoms with van der Waals surface area (Å²) in [7, 11) is 0. The van der Waals surface area contributed by atoms with Crippen LogP contribution in [0.25, 0.3) is 0 Å². The number of carboxylic acids is 1. The normalized spacial score (nSPS) is 11.2. The second-order valence-corrected chi connectivity index (χ2v) is 2.76. The topological polar surface area (TPSA) is 80.4 Å². The summed E-state index contributed by atoms with van der Waals surface area (Å²) >= 11 is 0. The van der Waals surface area contributed by atoms with Crippen LogP contribution < -0.4 is 0 Å². The minimum absolute atomic E-state index is 0.606. The number of hydrogen-bond donors (Lipinski definition) is 1. The van der Waals surface area contributed by atoms with E-state index in [1.807, 2.05) is 0 Å². The highest BCUT2D eigenvalue weighted by Crippen LogP contribution is 2.38. The summed E-state index contributed by atoms with van der Waals surface area (Å²) < 4.78 is 37.4. The van der Waals surface area contributed by atoms with Crippen molar-refractivity contribution in [2.75, 3.05) is 0 Å². The molecule has 8 heteroatoms. The van der Waals surface area contributed by atoms with Gasteiger partial charge < -0.3 is 5.11 Å². The smallest absolute Gasteiger partial charge is 0.423 e. The third kappa shape index (κ3) is 2.10. The zero-order valence-corrected chi connectivity index (χ0v) is 7.49. The van der Waals surface area contributed by atoms with E-state index in [9.17, 15) is 28.1 Å². The third-order valence-corrected chi connectivity index (χ3v) is 1.75. The van der Waals surface area contributed by atoms with E-state index in [1.165, 1.54) is 0 Å². The summed E-state index contributed by atoms with van der Waals surface area (Å²) in [6.45, 7) is 0. The molecular weight excluding hydrogens is 231 g/mol. The number of nitro benzene ring substituents is 1. The Balaban J connectivity index is 3.60. The molecule has 0 aliphatic heterocycles. The molecule has 1 aromatic carbocycles. The van der Waals surface area contributed by atoms with E-state index in [0.29, 0.717) is 12.1 Å². The number of halogens is 3. The predicted octanol–water partition coefficient (Wildman–Crippen LogP) is 2.31. The molecule has 0 bridgehead atoms. The maximum atomic E-state index is 12.5. The maximum absolute atomic E-state index is 12.5. The van der Waals surface area contributed by atoms with E-state index in [4.69, 9.17) is 5.11 Å². The number of alkyl halides is 3. The van der Waals surface area contributed by atoms with Crippen LogP contribution in [0.15, 0.2) is 18.2 Å². The first-order chi connectivity index (χ1) is 7.25. The maximum Gasteiger partial charge on any atom is 0.423 e. The van der Waals surface area contributed by atoms with Crippen molar-refractivity contribution in [3.8, 4) is 0 Å². The lowest BCUT2D eigenvalue weighted by Gasteiger charge is -2.09. The molecule has 0 atom stereocenters. The molecular formula is C8H4F3NO4. The molecule has 5 nitrogen and oxygen atoms in total. The lowest BCUT2D eigenvalue weighted by Crippen LogP contribution is -2.15. The zero-order valence-electron chi connectivity index (χ0n) is 7.49. The highest BCUT2D eigenvalue weighted by molar-refractivity contribution is 5.91. The third-order valence-electron chi connectivity index (χ3n) is 1.75. The molecule has 0 fully saturated rings. The minimum Gasteiger partial charge on any atom is -0.478 e. The average molecular weight is 235 g/mol. The van der Waals surface area contributed by atoms with Crippen molar-refractivity contribution >= 4 is 11.7 Å². The van der Waals surface area contributed by atoms with Gasteiger partial charge in [-0.05, 0) is 6.07 Å². The number of carboxylic acid groups (broad SMARTS) is 1. The Morgan fingerprint density at radius 1 is 1.38 bits per heavy atom. The Labute approximate surface area is 86.3 Å². The van der Waals surface area contributed by atoms with Crippen molar-refractivity contribution in [2.24, 2.45) is 0 Å². The minimum atomic E-state index is -5.09. The van der Waals surface area contributed by atoms with Crippen molar-refractivity contribution in [2.45, 2.75) is 6.18 Å². The van der Waals surface area contributed by atoms with Crippen LogP contribution in [0.1, 0.15) is 15.9 Å². The largest absolute Gasteiger partial charge is 0.478 e. The molecule has 0 saturated heterocycles. The molecule has 1 N–H and O–H groups in total. The number of carbonyl (C=O) groups is 1. The first kappa shape index (κ1) is 12.0. The van der Waals surface area contributed by atoms with Gasteiger partial charge in [0, 0.05) is 6.07 Å². The number of nitro groups is 1. The van der Waals surface area contributed by atoms with Gasteiger partial charge in [0.1, 0.15) is 5.56 Å². The van der Waals surface area contributed by atoms with Gasteiger partial charge in [0.2, 0.25) is 0 Å². The van der Waals surface area contributed by atoms with E-state index in [2.05, 4.69) is 0 Å². The molecule has 86 valence electrons. The second-order valence-electron chi connectivity index (χ2n) is 2.76. The first-order valence-electron chi connectivity index (χ1n) is 3.83. The zero-order chi connectivity index (χ0) is 12.5. The van der Waals surface area contributed by atoms with Crippen molar-refractivity contribution in [3.63, 3.8) is 0 Å². The van der Waals surface area contributed by atoms with Crippen LogP contribution in [0.4, 0.5) is 18.9 Å². The van der Waals surface area contributed by atoms with Crippen molar-refractivity contribution in [1.29, 1.82) is 0 Å². The predicted molar refractivity (Wildman–Crippen MR) is 45.1 cm³/mol. The number of nitrogens with zero attached hydrogens (tertiary/aromatic N) is 1. The van der Waals surface area contributed by atoms with E-state index in [1.54, 1.807) is 0 Å². The van der Waals surface area contributed by atoms with Gasteiger partial charge >= 0.3 is 12.1 Å². The standard InChI is InChI=1S/C8H4F3NO4/c9-8(10,11)6-4(7(13)14)2-1-3-5(6)12(15)16/h1-3H,(H,13,14). The van der Waals surface area contributed by atoms with E-state index in [0.717, 1.165) is 6.07 Å².